The van der Waals surface area contributed by atoms with Crippen LogP contribution in [0.15, 0.2) is 54.6 Å². The molecule has 0 radical (unpaired) electrons. The van der Waals surface area contributed by atoms with Crippen LogP contribution in [0.5, 0.6) is 17.2 Å². The van der Waals surface area contributed by atoms with Gasteiger partial charge in [0.1, 0.15) is 11.8 Å². The van der Waals surface area contributed by atoms with Crippen LogP contribution in [0, 0.1) is 0 Å². The predicted octanol–water partition coefficient (Wildman–Crippen LogP) is 5.98. The molecule has 3 aromatic carbocycles. The number of nitrogens with one attached hydrogen (secondary N) is 1. The number of hydrogen-bond acceptors (Lipinski definition) is 6. The number of methoxy groups -OCH3 is 1. The first-order valence-corrected chi connectivity index (χ1v) is 13.7. The van der Waals surface area contributed by atoms with Gasteiger partial charge in [-0.3, -0.25) is 14.4 Å². The van der Waals surface area contributed by atoms with Crippen LogP contribution in [0.25, 0.3) is 11.1 Å². The van der Waals surface area contributed by atoms with Gasteiger partial charge in [-0.15, -0.1) is 13.2 Å². The minimum absolute atomic E-state index is 0.0194. The van der Waals surface area contributed by atoms with E-state index in [1.807, 2.05) is 0 Å². The lowest BCUT2D eigenvalue weighted by molar-refractivity contribution is -0.274. The molecule has 1 atom stereocenters. The van der Waals surface area contributed by atoms with Crippen molar-refractivity contribution < 1.29 is 68.1 Å². The van der Waals surface area contributed by atoms with Gasteiger partial charge < -0.3 is 29.3 Å². The van der Waals surface area contributed by atoms with E-state index in [0.717, 1.165) is 42.3 Å². The van der Waals surface area contributed by atoms with Crippen LogP contribution in [0.3, 0.4) is 0 Å². The second-order valence-corrected chi connectivity index (χ2v) is 10.5. The van der Waals surface area contributed by atoms with Crippen LogP contribution >= 0.6 is 0 Å². The molecule has 0 bridgehead atoms. The summed E-state index contributed by atoms with van der Waals surface area (Å²) in [4.78, 5) is 42.1. The van der Waals surface area contributed by atoms with Crippen LogP contribution in [0.4, 0.5) is 45.2 Å². The summed E-state index contributed by atoms with van der Waals surface area (Å²) < 4.78 is 132. The number of nitrogens with zero attached hydrogens (tertiary/aromatic N) is 2. The third-order valence-corrected chi connectivity index (χ3v) is 7.45. The third kappa shape index (κ3) is 7.36. The average molecular weight is 692 g/mol. The van der Waals surface area contributed by atoms with E-state index < -0.39 is 71.5 Å². The molecule has 2 aliphatic heterocycles. The van der Waals surface area contributed by atoms with Gasteiger partial charge in [0, 0.05) is 19.2 Å². The fourth-order valence-corrected chi connectivity index (χ4v) is 5.17. The quantitative estimate of drug-likeness (QED) is 0.320. The lowest BCUT2D eigenvalue weighted by Gasteiger charge is -2.39. The summed E-state index contributed by atoms with van der Waals surface area (Å²) >= 11 is 0. The van der Waals surface area contributed by atoms with Gasteiger partial charge in [0.05, 0.1) is 36.0 Å². The SMILES string of the molecule is COc1cc(OC(F)(F)F)ccc1OCC(=O)N1CCN2C(=O)c3cc(-c4cc(C(F)(F)F)cc(C(F)(F)F)c4)ccc3NC(=O)C2C1. The zero-order chi connectivity index (χ0) is 35.2. The van der Waals surface area contributed by atoms with E-state index in [1.54, 1.807) is 0 Å². The van der Waals surface area contributed by atoms with Crippen molar-refractivity contribution in [2.24, 2.45) is 0 Å². The molecular formula is C30H22F9N3O6. The maximum atomic E-state index is 13.6. The third-order valence-electron chi connectivity index (χ3n) is 7.45. The van der Waals surface area contributed by atoms with Crippen LogP contribution in [0.1, 0.15) is 21.5 Å². The van der Waals surface area contributed by atoms with Crippen LogP contribution in [-0.4, -0.2) is 73.3 Å². The number of rotatable bonds is 6. The highest BCUT2D eigenvalue weighted by atomic mass is 19.4. The van der Waals surface area contributed by atoms with Crippen molar-refractivity contribution in [2.45, 2.75) is 24.8 Å². The van der Waals surface area contributed by atoms with Gasteiger partial charge >= 0.3 is 18.7 Å². The van der Waals surface area contributed by atoms with Gasteiger partial charge in [0.25, 0.3) is 11.8 Å². The van der Waals surface area contributed by atoms with Crippen LogP contribution < -0.4 is 19.5 Å². The zero-order valence-electron chi connectivity index (χ0n) is 24.3. The van der Waals surface area contributed by atoms with Gasteiger partial charge in [0.15, 0.2) is 18.1 Å². The Labute approximate surface area is 264 Å². The first-order valence-electron chi connectivity index (χ1n) is 13.7. The molecule has 2 aliphatic rings. The highest BCUT2D eigenvalue weighted by molar-refractivity contribution is 6.10. The van der Waals surface area contributed by atoms with E-state index >= 15 is 0 Å². The molecule has 0 saturated carbocycles. The van der Waals surface area contributed by atoms with E-state index in [-0.39, 0.29) is 54.0 Å². The lowest BCUT2D eigenvalue weighted by atomic mass is 9.96. The van der Waals surface area contributed by atoms with Crippen molar-refractivity contribution in [3.8, 4) is 28.4 Å². The molecule has 3 aromatic rings. The fraction of sp³-hybridized carbons (Fsp3) is 0.300. The number of anilines is 1. The predicted molar refractivity (Wildman–Crippen MR) is 147 cm³/mol. The highest BCUT2D eigenvalue weighted by Crippen LogP contribution is 2.40. The van der Waals surface area contributed by atoms with E-state index in [2.05, 4.69) is 10.1 Å². The standard InChI is InChI=1S/C30H22F9N3O6/c1-46-24-12-19(48-30(37,38)39)3-5-23(24)47-14-25(43)41-6-7-42-22(13-41)26(44)40-21-4-2-15(10-20(21)27(42)45)16-8-17(28(31,32)33)11-18(9-16)29(34,35)36/h2-5,8-12,22H,6-7,13-14H2,1H3,(H,40,44). The van der Waals surface area contributed by atoms with Crippen molar-refractivity contribution in [3.05, 3.63) is 71.3 Å². The summed E-state index contributed by atoms with van der Waals surface area (Å²) in [5.74, 6) is -2.97. The molecule has 2 heterocycles. The summed E-state index contributed by atoms with van der Waals surface area (Å²) in [6.07, 6.45) is -15.1. The number of fused-ring (bicyclic) bond motifs is 2. The van der Waals surface area contributed by atoms with Crippen molar-refractivity contribution in [3.63, 3.8) is 0 Å². The van der Waals surface area contributed by atoms with Crippen LogP contribution in [-0.2, 0) is 21.9 Å². The average Bonchev–Trinajstić information content (AvgIpc) is 3.11. The van der Waals surface area contributed by atoms with E-state index in [9.17, 15) is 53.9 Å². The molecule has 1 saturated heterocycles. The van der Waals surface area contributed by atoms with Gasteiger partial charge in [-0.1, -0.05) is 6.07 Å². The van der Waals surface area contributed by atoms with Crippen molar-refractivity contribution in [1.82, 2.24) is 9.80 Å². The number of hydrogen-bond donors (Lipinski definition) is 1. The summed E-state index contributed by atoms with van der Waals surface area (Å²) in [6, 6.07) is 6.16. The van der Waals surface area contributed by atoms with E-state index in [1.165, 1.54) is 11.0 Å². The molecule has 18 heteroatoms. The Morgan fingerprint density at radius 3 is 2.10 bits per heavy atom. The molecular weight excluding hydrogens is 669 g/mol. The Morgan fingerprint density at radius 2 is 1.50 bits per heavy atom. The number of piperazine rings is 1. The molecule has 1 N–H and O–H groups in total. The molecule has 48 heavy (non-hydrogen) atoms. The number of benzene rings is 3. The molecule has 1 fully saturated rings. The van der Waals surface area contributed by atoms with Gasteiger partial charge in [-0.25, -0.2) is 0 Å². The molecule has 3 amide bonds. The summed E-state index contributed by atoms with van der Waals surface area (Å²) in [6.45, 7) is -1.21. The Hall–Kier alpha value is -5.16. The van der Waals surface area contributed by atoms with Gasteiger partial charge in [-0.05, 0) is 53.6 Å². The number of halogens is 9. The minimum Gasteiger partial charge on any atom is -0.493 e. The highest BCUT2D eigenvalue weighted by Gasteiger charge is 2.41. The number of carbonyl (C=O) groups excluding carboxylic acids is 3. The monoisotopic (exact) mass is 691 g/mol. The van der Waals surface area contributed by atoms with Crippen molar-refractivity contribution in [2.75, 3.05) is 38.7 Å². The van der Waals surface area contributed by atoms with E-state index in [4.69, 9.17) is 9.47 Å². The molecule has 1 unspecified atom stereocenters. The first kappa shape index (κ1) is 34.2. The Morgan fingerprint density at radius 1 is 0.833 bits per heavy atom. The Kier molecular flexibility index (Phi) is 8.87. The fourth-order valence-electron chi connectivity index (χ4n) is 5.17. The number of alkyl halides is 9. The molecule has 5 rings (SSSR count). The number of amides is 3. The second kappa shape index (κ2) is 12.5. The van der Waals surface area contributed by atoms with Crippen molar-refractivity contribution >= 4 is 23.4 Å². The van der Waals surface area contributed by atoms with Gasteiger partial charge in [0.2, 0.25) is 5.91 Å². The lowest BCUT2D eigenvalue weighted by Crippen LogP contribution is -2.60. The minimum atomic E-state index is -5.09. The zero-order valence-corrected chi connectivity index (χ0v) is 24.3. The number of carbonyl (C=O) groups is 3. The summed E-state index contributed by atoms with van der Waals surface area (Å²) in [5, 5.41) is 2.52. The largest absolute Gasteiger partial charge is 0.573 e. The Balaban J connectivity index is 1.33. The Bertz CT molecular complexity index is 1730. The smallest absolute Gasteiger partial charge is 0.493 e. The van der Waals surface area contributed by atoms with Gasteiger partial charge in [-0.2, -0.15) is 26.3 Å². The number of ether oxygens (including phenoxy) is 3. The first-order chi connectivity index (χ1) is 22.3. The molecule has 0 aliphatic carbocycles. The van der Waals surface area contributed by atoms with Crippen LogP contribution in [0.2, 0.25) is 0 Å². The maximum absolute atomic E-state index is 13.6. The molecule has 0 aromatic heterocycles. The molecule has 9 nitrogen and oxygen atoms in total. The summed E-state index contributed by atoms with van der Waals surface area (Å²) in [5.41, 5.74) is -3.93. The molecule has 256 valence electrons. The normalized spacial score (nSPS) is 16.8. The molecule has 0 spiro atoms. The maximum Gasteiger partial charge on any atom is 0.573 e. The van der Waals surface area contributed by atoms with E-state index in [0.29, 0.717) is 12.1 Å². The summed E-state index contributed by atoms with van der Waals surface area (Å²) in [7, 11) is 1.16. The van der Waals surface area contributed by atoms with Crippen molar-refractivity contribution in [1.29, 1.82) is 0 Å². The second-order valence-electron chi connectivity index (χ2n) is 10.5. The topological polar surface area (TPSA) is 97.4 Å².